The third-order valence-electron chi connectivity index (χ3n) is 1.07. The molecule has 4 heteroatoms. The van der Waals surface area contributed by atoms with Crippen LogP contribution in [0.5, 0.6) is 0 Å². The molecular formula is C9H20FN3. The maximum Gasteiger partial charge on any atom is 0.183 e. The molecule has 13 heavy (non-hydrogen) atoms. The van der Waals surface area contributed by atoms with Crippen molar-refractivity contribution in [3.05, 3.63) is 11.9 Å². The van der Waals surface area contributed by atoms with Crippen molar-refractivity contribution in [3.63, 3.8) is 0 Å². The predicted molar refractivity (Wildman–Crippen MR) is 53.2 cm³/mol. The van der Waals surface area contributed by atoms with Crippen LogP contribution in [0.25, 0.3) is 0 Å². The Hall–Kier alpha value is -0.930. The number of alkyl halides is 1. The van der Waals surface area contributed by atoms with Gasteiger partial charge in [0.05, 0.1) is 11.9 Å². The van der Waals surface area contributed by atoms with Gasteiger partial charge in [0.2, 0.25) is 0 Å². The number of hydrogen-bond donors (Lipinski definition) is 0. The van der Waals surface area contributed by atoms with E-state index in [0.29, 0.717) is 0 Å². The first-order valence-corrected chi connectivity index (χ1v) is 4.23. The summed E-state index contributed by atoms with van der Waals surface area (Å²) in [6.45, 7) is 5.61. The van der Waals surface area contributed by atoms with Gasteiger partial charge < -0.3 is 0 Å². The van der Waals surface area contributed by atoms with E-state index in [0.717, 1.165) is 12.1 Å². The third kappa shape index (κ3) is 6.25. The van der Waals surface area contributed by atoms with Gasteiger partial charge in [-0.15, -0.1) is 5.10 Å². The normalized spacial score (nSPS) is 8.31. The van der Waals surface area contributed by atoms with Crippen LogP contribution in [0.3, 0.4) is 0 Å². The first kappa shape index (κ1) is 14.6. The van der Waals surface area contributed by atoms with Gasteiger partial charge in [0, 0.05) is 0 Å². The van der Waals surface area contributed by atoms with E-state index in [1.54, 1.807) is 6.20 Å². The number of aromatic nitrogens is 3. The molecule has 0 N–H and O–H groups in total. The van der Waals surface area contributed by atoms with Crippen LogP contribution < -0.4 is 0 Å². The van der Waals surface area contributed by atoms with Crippen LogP contribution in [0.1, 0.15) is 40.3 Å². The molecule has 1 aromatic heterocycles. The van der Waals surface area contributed by atoms with Crippen LogP contribution in [-0.2, 0) is 13.2 Å². The molecule has 0 atom stereocenters. The molecule has 3 nitrogen and oxygen atoms in total. The lowest BCUT2D eigenvalue weighted by atomic mass is 10.4. The SMILES string of the molecule is C.CCC.CCc1cn(CF)nn1. The quantitative estimate of drug-likeness (QED) is 0.716. The monoisotopic (exact) mass is 189 g/mol. The molecule has 0 aliphatic rings. The van der Waals surface area contributed by atoms with Gasteiger partial charge in [-0.1, -0.05) is 39.8 Å². The van der Waals surface area contributed by atoms with E-state index in [1.165, 1.54) is 11.1 Å². The highest BCUT2D eigenvalue weighted by molar-refractivity contribution is 4.90. The average Bonchev–Trinajstić information content (AvgIpc) is 2.53. The van der Waals surface area contributed by atoms with Crippen molar-refractivity contribution < 1.29 is 4.39 Å². The molecular weight excluding hydrogens is 169 g/mol. The van der Waals surface area contributed by atoms with Gasteiger partial charge in [0.1, 0.15) is 0 Å². The lowest BCUT2D eigenvalue weighted by Crippen LogP contribution is -1.91. The van der Waals surface area contributed by atoms with E-state index < -0.39 is 6.80 Å². The second kappa shape index (κ2) is 9.16. The van der Waals surface area contributed by atoms with Crippen LogP contribution in [0.2, 0.25) is 0 Å². The lowest BCUT2D eigenvalue weighted by molar-refractivity contribution is 0.343. The molecule has 1 heterocycles. The van der Waals surface area contributed by atoms with Crippen molar-refractivity contribution in [2.75, 3.05) is 0 Å². The molecule has 0 aliphatic carbocycles. The van der Waals surface area contributed by atoms with Gasteiger partial charge >= 0.3 is 0 Å². The highest BCUT2D eigenvalue weighted by atomic mass is 19.1. The fraction of sp³-hybridized carbons (Fsp3) is 0.778. The topological polar surface area (TPSA) is 30.7 Å². The Labute approximate surface area is 80.0 Å². The van der Waals surface area contributed by atoms with Gasteiger partial charge in [0.15, 0.2) is 6.80 Å². The smallest absolute Gasteiger partial charge is 0.183 e. The lowest BCUT2D eigenvalue weighted by Gasteiger charge is -1.83. The first-order valence-electron chi connectivity index (χ1n) is 4.23. The number of hydrogen-bond acceptors (Lipinski definition) is 2. The second-order valence-electron chi connectivity index (χ2n) is 2.43. The van der Waals surface area contributed by atoms with E-state index in [9.17, 15) is 4.39 Å². The van der Waals surface area contributed by atoms with Crippen molar-refractivity contribution in [3.8, 4) is 0 Å². The van der Waals surface area contributed by atoms with E-state index in [-0.39, 0.29) is 7.43 Å². The van der Waals surface area contributed by atoms with Gasteiger partial charge in [-0.05, 0) is 6.42 Å². The summed E-state index contributed by atoms with van der Waals surface area (Å²) in [4.78, 5) is 0. The molecule has 0 fully saturated rings. The molecule has 0 saturated heterocycles. The van der Waals surface area contributed by atoms with Crippen LogP contribution in [0, 0.1) is 0 Å². The summed E-state index contributed by atoms with van der Waals surface area (Å²) >= 11 is 0. The molecule has 0 saturated carbocycles. The average molecular weight is 189 g/mol. The fourth-order valence-corrected chi connectivity index (χ4v) is 0.559. The maximum atomic E-state index is 11.7. The standard InChI is InChI=1S/C5H8FN3.C3H8.CH4/c1-2-5-3-9(4-6)8-7-5;1-3-2;/h3H,2,4H2,1H3;3H2,1-2H3;1H4. The summed E-state index contributed by atoms with van der Waals surface area (Å²) in [5, 5.41) is 7.18. The molecule has 0 amide bonds. The van der Waals surface area contributed by atoms with Crippen LogP contribution in [-0.4, -0.2) is 15.0 Å². The minimum absolute atomic E-state index is 0. The number of halogens is 1. The Bertz CT molecular complexity index is 180. The zero-order chi connectivity index (χ0) is 9.40. The van der Waals surface area contributed by atoms with Crippen molar-refractivity contribution >= 4 is 0 Å². The molecule has 1 rings (SSSR count). The van der Waals surface area contributed by atoms with Crippen LogP contribution in [0.15, 0.2) is 6.20 Å². The Kier molecular flexibility index (Phi) is 10.3. The van der Waals surface area contributed by atoms with Crippen LogP contribution in [0.4, 0.5) is 4.39 Å². The first-order chi connectivity index (χ1) is 5.78. The van der Waals surface area contributed by atoms with Gasteiger partial charge in [-0.25, -0.2) is 9.07 Å². The van der Waals surface area contributed by atoms with Crippen molar-refractivity contribution in [2.24, 2.45) is 0 Å². The molecule has 0 radical (unpaired) electrons. The van der Waals surface area contributed by atoms with Crippen molar-refractivity contribution in [1.82, 2.24) is 15.0 Å². The summed E-state index contributed by atoms with van der Waals surface area (Å²) < 4.78 is 12.9. The Morgan fingerprint density at radius 2 is 1.92 bits per heavy atom. The number of aryl methyl sites for hydroxylation is 1. The Morgan fingerprint density at radius 3 is 2.15 bits per heavy atom. The number of nitrogens with zero attached hydrogens (tertiary/aromatic N) is 3. The zero-order valence-corrected chi connectivity index (χ0v) is 7.92. The maximum absolute atomic E-state index is 11.7. The van der Waals surface area contributed by atoms with Gasteiger partial charge in [-0.3, -0.25) is 0 Å². The third-order valence-corrected chi connectivity index (χ3v) is 1.07. The minimum Gasteiger partial charge on any atom is -0.225 e. The molecule has 0 aromatic carbocycles. The Morgan fingerprint density at radius 1 is 1.38 bits per heavy atom. The summed E-state index contributed by atoms with van der Waals surface area (Å²) in [5.74, 6) is 0. The zero-order valence-electron chi connectivity index (χ0n) is 7.92. The van der Waals surface area contributed by atoms with E-state index in [4.69, 9.17) is 0 Å². The van der Waals surface area contributed by atoms with E-state index in [2.05, 4.69) is 24.2 Å². The molecule has 78 valence electrons. The highest BCUT2D eigenvalue weighted by Gasteiger charge is 1.94. The molecule has 0 aliphatic heterocycles. The summed E-state index contributed by atoms with van der Waals surface area (Å²) in [7, 11) is 0. The molecule has 1 aromatic rings. The molecule has 0 spiro atoms. The largest absolute Gasteiger partial charge is 0.225 e. The number of rotatable bonds is 2. The van der Waals surface area contributed by atoms with E-state index in [1.807, 2.05) is 6.92 Å². The van der Waals surface area contributed by atoms with E-state index >= 15 is 0 Å². The molecule has 0 bridgehead atoms. The predicted octanol–water partition coefficient (Wildman–Crippen LogP) is 2.82. The van der Waals surface area contributed by atoms with Gasteiger partial charge in [-0.2, -0.15) is 0 Å². The summed E-state index contributed by atoms with van der Waals surface area (Å²) in [5.41, 5.74) is 0.827. The summed E-state index contributed by atoms with van der Waals surface area (Å²) in [6, 6.07) is 0. The minimum atomic E-state index is -0.590. The fourth-order valence-electron chi connectivity index (χ4n) is 0.559. The highest BCUT2D eigenvalue weighted by Crippen LogP contribution is 1.92. The Balaban J connectivity index is 0. The van der Waals surface area contributed by atoms with Crippen molar-refractivity contribution in [1.29, 1.82) is 0 Å². The second-order valence-corrected chi connectivity index (χ2v) is 2.43. The van der Waals surface area contributed by atoms with Crippen molar-refractivity contribution in [2.45, 2.75) is 47.8 Å². The summed E-state index contributed by atoms with van der Waals surface area (Å²) in [6.07, 6.45) is 3.65. The van der Waals surface area contributed by atoms with Gasteiger partial charge in [0.25, 0.3) is 0 Å². The molecule has 0 unspecified atom stereocenters. The van der Waals surface area contributed by atoms with Crippen LogP contribution >= 0.6 is 0 Å².